The molecular formula is C32H40O11. The van der Waals surface area contributed by atoms with Crippen molar-refractivity contribution in [3.8, 4) is 0 Å². The molecule has 2 unspecified atom stereocenters. The zero-order valence-electron chi connectivity index (χ0n) is 25.5. The number of ketones is 1. The molecule has 11 nitrogen and oxygen atoms in total. The van der Waals surface area contributed by atoms with Gasteiger partial charge in [-0.3, -0.25) is 9.59 Å². The van der Waals surface area contributed by atoms with Gasteiger partial charge in [-0.25, -0.2) is 9.59 Å². The predicted octanol–water partition coefficient (Wildman–Crippen LogP) is 3.15. The number of aliphatic hydroxyl groups is 2. The molecule has 2 bridgehead atoms. The molecule has 1 saturated heterocycles. The first kappa shape index (κ1) is 31.2. The van der Waals surface area contributed by atoms with Gasteiger partial charge in [-0.15, -0.1) is 0 Å². The van der Waals surface area contributed by atoms with Gasteiger partial charge in [0.2, 0.25) is 0 Å². The van der Waals surface area contributed by atoms with E-state index in [2.05, 4.69) is 0 Å². The summed E-state index contributed by atoms with van der Waals surface area (Å²) in [6.07, 6.45) is -6.01. The van der Waals surface area contributed by atoms with Crippen LogP contribution >= 0.6 is 0 Å². The third-order valence-electron chi connectivity index (χ3n) is 10.6. The van der Waals surface area contributed by atoms with Crippen molar-refractivity contribution in [3.63, 3.8) is 0 Å². The molecule has 0 amide bonds. The zero-order chi connectivity index (χ0) is 31.7. The van der Waals surface area contributed by atoms with Gasteiger partial charge in [-0.1, -0.05) is 39.0 Å². The lowest BCUT2D eigenvalue weighted by Gasteiger charge is -2.67. The summed E-state index contributed by atoms with van der Waals surface area (Å²) < 4.78 is 28.7. The van der Waals surface area contributed by atoms with Gasteiger partial charge in [0.25, 0.3) is 0 Å². The minimum Gasteiger partial charge on any atom is -0.455 e. The molecule has 1 aromatic rings. The Hall–Kier alpha value is -3.28. The molecule has 0 spiro atoms. The summed E-state index contributed by atoms with van der Waals surface area (Å²) in [6.45, 7) is 9.59. The third kappa shape index (κ3) is 4.34. The average Bonchev–Trinajstić information content (AvgIpc) is 2.94. The smallest absolute Gasteiger partial charge is 0.455 e. The Kier molecular flexibility index (Phi) is 7.55. The van der Waals surface area contributed by atoms with Crippen molar-refractivity contribution in [1.82, 2.24) is 0 Å². The maximum atomic E-state index is 14.9. The largest absolute Gasteiger partial charge is 0.508 e. The molecular weight excluding hydrogens is 560 g/mol. The summed E-state index contributed by atoms with van der Waals surface area (Å²) >= 11 is 0. The highest BCUT2D eigenvalue weighted by Crippen LogP contribution is 2.65. The SMILES string of the molecule is COC(=O)O[C@H]1C[C@H]2OC[C@@]2(OC(C)=O)C2C(OC(=O)c3ccccc3)[C@]3(O)C[C@H](O)C(C)=C([C@@H](C)C(=O)[C@@]21C)C3(C)C. The molecule has 1 heterocycles. The predicted molar refractivity (Wildman–Crippen MR) is 150 cm³/mol. The summed E-state index contributed by atoms with van der Waals surface area (Å²) in [5.74, 6) is -3.96. The maximum absolute atomic E-state index is 14.9. The van der Waals surface area contributed by atoms with E-state index in [0.29, 0.717) is 11.1 Å². The topological polar surface area (TPSA) is 155 Å². The van der Waals surface area contributed by atoms with Gasteiger partial charge in [-0.05, 0) is 37.1 Å². The first-order chi connectivity index (χ1) is 20.1. The van der Waals surface area contributed by atoms with Crippen LogP contribution in [-0.4, -0.2) is 83.4 Å². The Morgan fingerprint density at radius 2 is 1.72 bits per heavy atom. The number of Topliss-reactive ketones (excluding diaryl/α,β-unsaturated/α-hetero) is 1. The molecule has 1 aliphatic heterocycles. The molecule has 1 aromatic carbocycles. The van der Waals surface area contributed by atoms with Crippen LogP contribution in [0, 0.1) is 22.7 Å². The Balaban J connectivity index is 1.83. The van der Waals surface area contributed by atoms with Gasteiger partial charge >= 0.3 is 18.1 Å². The molecule has 2 N–H and O–H groups in total. The van der Waals surface area contributed by atoms with Crippen LogP contribution in [0.2, 0.25) is 0 Å². The normalized spacial score (nSPS) is 39.6. The summed E-state index contributed by atoms with van der Waals surface area (Å²) in [7, 11) is 1.15. The molecule has 2 saturated carbocycles. The third-order valence-corrected chi connectivity index (χ3v) is 10.6. The number of rotatable bonds is 4. The molecule has 0 aromatic heterocycles. The molecule has 3 fully saturated rings. The van der Waals surface area contributed by atoms with Gasteiger partial charge in [0.1, 0.15) is 29.7 Å². The first-order valence-electron chi connectivity index (χ1n) is 14.5. The number of fused-ring (bicyclic) bond motifs is 5. The van der Waals surface area contributed by atoms with Crippen molar-refractivity contribution in [2.24, 2.45) is 22.7 Å². The van der Waals surface area contributed by atoms with E-state index in [-0.39, 0.29) is 30.8 Å². The van der Waals surface area contributed by atoms with Crippen molar-refractivity contribution in [3.05, 3.63) is 47.0 Å². The number of carbonyl (C=O) groups is 4. The number of methoxy groups -OCH3 is 1. The fraction of sp³-hybridized carbons (Fsp3) is 0.625. The number of esters is 2. The number of benzene rings is 1. The summed E-state index contributed by atoms with van der Waals surface area (Å²) in [5.41, 5.74) is -5.16. The van der Waals surface area contributed by atoms with E-state index in [0.717, 1.165) is 7.11 Å². The van der Waals surface area contributed by atoms with Crippen LogP contribution in [0.25, 0.3) is 0 Å². The van der Waals surface area contributed by atoms with E-state index in [1.807, 2.05) is 0 Å². The average molecular weight is 601 g/mol. The van der Waals surface area contributed by atoms with Crippen molar-refractivity contribution in [1.29, 1.82) is 0 Å². The fourth-order valence-corrected chi connectivity index (χ4v) is 8.47. The van der Waals surface area contributed by atoms with Crippen molar-refractivity contribution < 1.29 is 53.1 Å². The standard InChI is InChI=1S/C32H40O11/c1-16-20(34)14-32(38)26(42-27(36)19-11-9-8-10-12-19)24-30(6,25(35)17(2)23(16)29(32,4)5)21(41-28(37)39-7)13-22-31(24,15-40-22)43-18(3)33/h8-12,17,20-22,24,26,34,38H,13-15H2,1-7H3/t17-,20+,21+,22-,24?,26?,30-,31+,32-/m1/s1. The van der Waals surface area contributed by atoms with Crippen LogP contribution in [0.3, 0.4) is 0 Å². The number of hydrogen-bond acceptors (Lipinski definition) is 11. The molecule has 9 atom stereocenters. The molecule has 4 aliphatic rings. The van der Waals surface area contributed by atoms with Crippen LogP contribution in [-0.2, 0) is 33.3 Å². The number of carbonyl (C=O) groups excluding carboxylic acids is 4. The lowest BCUT2D eigenvalue weighted by atomic mass is 9.43. The second kappa shape index (κ2) is 10.4. The molecule has 43 heavy (non-hydrogen) atoms. The molecule has 3 aliphatic carbocycles. The van der Waals surface area contributed by atoms with E-state index in [1.54, 1.807) is 65.0 Å². The lowest BCUT2D eigenvalue weighted by Crippen LogP contribution is -2.81. The first-order valence-corrected chi connectivity index (χ1v) is 14.5. The van der Waals surface area contributed by atoms with Gasteiger partial charge in [0.05, 0.1) is 36.7 Å². The van der Waals surface area contributed by atoms with E-state index >= 15 is 0 Å². The highest BCUT2D eigenvalue weighted by atomic mass is 16.7. The van der Waals surface area contributed by atoms with Crippen molar-refractivity contribution >= 4 is 23.9 Å². The van der Waals surface area contributed by atoms with E-state index in [9.17, 15) is 29.4 Å². The summed E-state index contributed by atoms with van der Waals surface area (Å²) in [5, 5.41) is 24.2. The van der Waals surface area contributed by atoms with Crippen molar-refractivity contribution in [2.45, 2.75) is 90.0 Å². The number of aliphatic hydroxyl groups excluding tert-OH is 1. The Morgan fingerprint density at radius 1 is 1.07 bits per heavy atom. The fourth-order valence-electron chi connectivity index (χ4n) is 8.47. The summed E-state index contributed by atoms with van der Waals surface area (Å²) in [4.78, 5) is 53.9. The minimum absolute atomic E-state index is 0.0182. The Morgan fingerprint density at radius 3 is 2.28 bits per heavy atom. The molecule has 0 radical (unpaired) electrons. The number of hydrogen-bond donors (Lipinski definition) is 2. The Labute approximate surface area is 250 Å². The molecule has 11 heteroatoms. The van der Waals surface area contributed by atoms with Crippen LogP contribution in [0.15, 0.2) is 41.5 Å². The minimum atomic E-state index is -1.98. The van der Waals surface area contributed by atoms with Crippen LogP contribution < -0.4 is 0 Å². The van der Waals surface area contributed by atoms with Gasteiger partial charge in [-0.2, -0.15) is 0 Å². The van der Waals surface area contributed by atoms with Crippen LogP contribution in [0.1, 0.15) is 64.7 Å². The summed E-state index contributed by atoms with van der Waals surface area (Å²) in [6, 6.07) is 8.17. The second-order valence-corrected chi connectivity index (χ2v) is 13.0. The van der Waals surface area contributed by atoms with E-state index in [4.69, 9.17) is 23.7 Å². The number of ether oxygens (including phenoxy) is 5. The van der Waals surface area contributed by atoms with E-state index in [1.165, 1.54) is 6.92 Å². The van der Waals surface area contributed by atoms with Gasteiger partial charge < -0.3 is 33.9 Å². The van der Waals surface area contributed by atoms with Crippen LogP contribution in [0.4, 0.5) is 4.79 Å². The lowest BCUT2D eigenvalue weighted by molar-refractivity contribution is -0.345. The quantitative estimate of drug-likeness (QED) is 0.297. The monoisotopic (exact) mass is 600 g/mol. The van der Waals surface area contributed by atoms with Gasteiger partial charge in [0.15, 0.2) is 5.60 Å². The second-order valence-electron chi connectivity index (χ2n) is 13.0. The Bertz CT molecular complexity index is 1370. The van der Waals surface area contributed by atoms with Gasteiger partial charge in [0, 0.05) is 31.1 Å². The molecule has 5 rings (SSSR count). The highest BCUT2D eigenvalue weighted by molar-refractivity contribution is 5.92. The van der Waals surface area contributed by atoms with Crippen LogP contribution in [0.5, 0.6) is 0 Å². The maximum Gasteiger partial charge on any atom is 0.508 e. The van der Waals surface area contributed by atoms with Crippen molar-refractivity contribution in [2.75, 3.05) is 13.7 Å². The van der Waals surface area contributed by atoms with E-state index < -0.39 is 76.4 Å². The highest BCUT2D eigenvalue weighted by Gasteiger charge is 2.78. The zero-order valence-corrected chi connectivity index (χ0v) is 25.5. The molecule has 234 valence electrons.